The molecule has 0 saturated carbocycles. The lowest BCUT2D eigenvalue weighted by Crippen LogP contribution is -2.28. The van der Waals surface area contributed by atoms with Gasteiger partial charge in [0, 0.05) is 27.4 Å². The Morgan fingerprint density at radius 2 is 1.13 bits per heavy atom. The van der Waals surface area contributed by atoms with Gasteiger partial charge in [0.15, 0.2) is 0 Å². The van der Waals surface area contributed by atoms with E-state index in [4.69, 9.17) is 9.41 Å². The maximum atomic E-state index is 7.03. The monoisotopic (exact) mass is 665 g/mol. The van der Waals surface area contributed by atoms with E-state index in [1.165, 1.54) is 32.7 Å². The molecule has 2 aromatic heterocycles. The first-order chi connectivity index (χ1) is 25.8. The summed E-state index contributed by atoms with van der Waals surface area (Å²) in [5.41, 5.74) is 11.7. The molecular weight excluding hydrogens is 635 g/mol. The first kappa shape index (κ1) is 28.9. The summed E-state index contributed by atoms with van der Waals surface area (Å²) in [7, 11) is 0. The average molecular weight is 666 g/mol. The standard InChI is InChI=1S/C48H31N3O/c1-2-15-34(16-3-1)51-42-23-9-8-19-38(42)45-43(51)29-49-48(50-45)40-22-11-21-39-44-37-18-7-5-13-33(37)28-41(47(44)52-46(39)40)32-26-24-31(25-27-32)36-20-10-14-30-12-4-6-17-35(30)36/h1-28H,29H2,(H,49,50). The summed E-state index contributed by atoms with van der Waals surface area (Å²) in [6.45, 7) is 0.644. The zero-order valence-corrected chi connectivity index (χ0v) is 28.2. The van der Waals surface area contributed by atoms with Gasteiger partial charge < -0.3 is 14.3 Å². The van der Waals surface area contributed by atoms with Crippen LogP contribution in [0.1, 0.15) is 11.3 Å². The third kappa shape index (κ3) is 4.31. The molecule has 52 heavy (non-hydrogen) atoms. The minimum atomic E-state index is 0.644. The van der Waals surface area contributed by atoms with Gasteiger partial charge in [-0.15, -0.1) is 0 Å². The van der Waals surface area contributed by atoms with Crippen LogP contribution in [0.2, 0.25) is 0 Å². The first-order valence-corrected chi connectivity index (χ1v) is 17.8. The second-order valence-electron chi connectivity index (χ2n) is 13.5. The zero-order chi connectivity index (χ0) is 34.2. The van der Waals surface area contributed by atoms with E-state index in [1.807, 2.05) is 0 Å². The molecule has 4 nitrogen and oxygen atoms in total. The van der Waals surface area contributed by atoms with Gasteiger partial charge in [-0.05, 0) is 68.6 Å². The van der Waals surface area contributed by atoms with Crippen LogP contribution >= 0.6 is 0 Å². The lowest BCUT2D eigenvalue weighted by atomic mass is 9.93. The molecule has 0 aliphatic carbocycles. The van der Waals surface area contributed by atoms with E-state index in [0.717, 1.165) is 72.4 Å². The van der Waals surface area contributed by atoms with Crippen molar-refractivity contribution in [3.63, 3.8) is 0 Å². The quantitative estimate of drug-likeness (QED) is 0.203. The number of furan rings is 1. The number of nitrogens with one attached hydrogen (secondary N) is 1. The number of aromatic nitrogens is 1. The number of rotatable bonds is 4. The van der Waals surface area contributed by atoms with Crippen molar-refractivity contribution >= 4 is 65.9 Å². The van der Waals surface area contributed by atoms with Crippen molar-refractivity contribution in [2.45, 2.75) is 6.54 Å². The van der Waals surface area contributed by atoms with E-state index >= 15 is 0 Å². The fourth-order valence-electron chi connectivity index (χ4n) is 8.26. The number of aliphatic imine (C=N–C) groups is 1. The van der Waals surface area contributed by atoms with Gasteiger partial charge >= 0.3 is 0 Å². The summed E-state index contributed by atoms with van der Waals surface area (Å²) < 4.78 is 9.35. The van der Waals surface area contributed by atoms with Crippen molar-refractivity contribution < 1.29 is 4.42 Å². The van der Waals surface area contributed by atoms with Crippen LogP contribution < -0.4 is 5.32 Å². The van der Waals surface area contributed by atoms with Gasteiger partial charge in [0.2, 0.25) is 0 Å². The molecule has 1 aliphatic rings. The molecule has 0 spiro atoms. The third-order valence-electron chi connectivity index (χ3n) is 10.6. The highest BCUT2D eigenvalue weighted by molar-refractivity contribution is 6.25. The number of nitrogens with zero attached hydrogens (tertiary/aromatic N) is 2. The number of hydrogen-bond acceptors (Lipinski definition) is 3. The predicted molar refractivity (Wildman–Crippen MR) is 216 cm³/mol. The van der Waals surface area contributed by atoms with E-state index < -0.39 is 0 Å². The molecular formula is C48H31N3O. The highest BCUT2D eigenvalue weighted by atomic mass is 16.3. The second-order valence-corrected chi connectivity index (χ2v) is 13.5. The van der Waals surface area contributed by atoms with Gasteiger partial charge in [-0.3, -0.25) is 0 Å². The number of fused-ring (bicyclic) bond motifs is 9. The molecule has 8 aromatic carbocycles. The van der Waals surface area contributed by atoms with Crippen molar-refractivity contribution in [1.82, 2.24) is 9.88 Å². The molecule has 0 atom stereocenters. The van der Waals surface area contributed by atoms with Crippen LogP contribution in [-0.2, 0) is 6.54 Å². The Hall–Kier alpha value is -6.91. The molecule has 10 aromatic rings. The minimum Gasteiger partial charge on any atom is -0.455 e. The summed E-state index contributed by atoms with van der Waals surface area (Å²) in [5.74, 6) is 0.818. The summed E-state index contributed by atoms with van der Waals surface area (Å²) in [6.07, 6.45) is 0. The van der Waals surface area contributed by atoms with Crippen molar-refractivity contribution in [2.75, 3.05) is 0 Å². The molecule has 4 heteroatoms. The summed E-state index contributed by atoms with van der Waals surface area (Å²) in [6, 6.07) is 60.4. The lowest BCUT2D eigenvalue weighted by molar-refractivity contribution is 0.668. The van der Waals surface area contributed by atoms with Crippen LogP contribution in [0.3, 0.4) is 0 Å². The second kappa shape index (κ2) is 11.3. The van der Waals surface area contributed by atoms with Gasteiger partial charge in [0.25, 0.3) is 0 Å². The predicted octanol–water partition coefficient (Wildman–Crippen LogP) is 12.4. The van der Waals surface area contributed by atoms with Gasteiger partial charge in [-0.2, -0.15) is 0 Å². The Balaban J connectivity index is 1.09. The van der Waals surface area contributed by atoms with Gasteiger partial charge in [0.1, 0.15) is 17.0 Å². The Kier molecular flexibility index (Phi) is 6.28. The van der Waals surface area contributed by atoms with E-state index in [9.17, 15) is 0 Å². The summed E-state index contributed by atoms with van der Waals surface area (Å²) in [4.78, 5) is 5.34. The smallest absolute Gasteiger partial charge is 0.146 e. The highest BCUT2D eigenvalue weighted by Crippen LogP contribution is 2.44. The maximum Gasteiger partial charge on any atom is 0.146 e. The van der Waals surface area contributed by atoms with Gasteiger partial charge in [0.05, 0.1) is 29.0 Å². The third-order valence-corrected chi connectivity index (χ3v) is 10.6. The van der Waals surface area contributed by atoms with Crippen molar-refractivity contribution in [3.05, 3.63) is 181 Å². The van der Waals surface area contributed by atoms with E-state index in [0.29, 0.717) is 6.54 Å². The minimum absolute atomic E-state index is 0.644. The fraction of sp³-hybridized carbons (Fsp3) is 0.0208. The Morgan fingerprint density at radius 3 is 1.98 bits per heavy atom. The lowest BCUT2D eigenvalue weighted by Gasteiger charge is -2.18. The molecule has 1 N–H and O–H groups in total. The Labute approximate surface area is 299 Å². The molecule has 1 aliphatic heterocycles. The number of benzene rings is 8. The number of amidine groups is 1. The van der Waals surface area contributed by atoms with Crippen LogP contribution in [0.4, 0.5) is 5.69 Å². The summed E-state index contributed by atoms with van der Waals surface area (Å²) >= 11 is 0. The topological polar surface area (TPSA) is 42.5 Å². The molecule has 0 bridgehead atoms. The van der Waals surface area contributed by atoms with Crippen molar-refractivity contribution in [1.29, 1.82) is 0 Å². The van der Waals surface area contributed by atoms with Crippen LogP contribution in [0.5, 0.6) is 0 Å². The molecule has 0 radical (unpaired) electrons. The van der Waals surface area contributed by atoms with Gasteiger partial charge in [-0.25, -0.2) is 4.99 Å². The normalized spacial score (nSPS) is 12.8. The molecule has 0 unspecified atom stereocenters. The zero-order valence-electron chi connectivity index (χ0n) is 28.2. The van der Waals surface area contributed by atoms with E-state index in [2.05, 4.69) is 180 Å². The van der Waals surface area contributed by atoms with Crippen LogP contribution in [0, 0.1) is 0 Å². The number of hydrogen-bond donors (Lipinski definition) is 1. The summed E-state index contributed by atoms with van der Waals surface area (Å²) in [5, 5.41) is 11.9. The fourth-order valence-corrected chi connectivity index (χ4v) is 8.26. The maximum absolute atomic E-state index is 7.03. The van der Waals surface area contributed by atoms with E-state index in [1.54, 1.807) is 0 Å². The van der Waals surface area contributed by atoms with Gasteiger partial charge in [-0.1, -0.05) is 140 Å². The molecule has 244 valence electrons. The molecule has 11 rings (SSSR count). The van der Waals surface area contributed by atoms with Crippen LogP contribution in [0.25, 0.3) is 82.3 Å². The average Bonchev–Trinajstić information content (AvgIpc) is 3.77. The SMILES string of the molecule is c1ccc(-n2c3c(c4ccccc42)N=C(c2cccc4c2oc2c(-c5ccc(-c6cccc7ccccc67)cc5)cc5ccccc5c24)NC3)cc1. The van der Waals surface area contributed by atoms with E-state index in [-0.39, 0.29) is 0 Å². The van der Waals surface area contributed by atoms with Crippen LogP contribution in [0.15, 0.2) is 179 Å². The molecule has 3 heterocycles. The molecule has 0 amide bonds. The Morgan fingerprint density at radius 1 is 0.500 bits per heavy atom. The first-order valence-electron chi connectivity index (χ1n) is 17.8. The largest absolute Gasteiger partial charge is 0.455 e. The van der Waals surface area contributed by atoms with Crippen molar-refractivity contribution in [3.8, 4) is 27.9 Å². The van der Waals surface area contributed by atoms with Crippen LogP contribution in [-0.4, -0.2) is 10.4 Å². The highest BCUT2D eigenvalue weighted by Gasteiger charge is 2.25. The molecule has 0 fully saturated rings. The number of para-hydroxylation sites is 3. The molecule has 0 saturated heterocycles. The van der Waals surface area contributed by atoms with Crippen molar-refractivity contribution in [2.24, 2.45) is 4.99 Å². The Bertz CT molecular complexity index is 3050.